The van der Waals surface area contributed by atoms with E-state index >= 15 is 0 Å². The lowest BCUT2D eigenvalue weighted by Crippen LogP contribution is -2.50. The minimum absolute atomic E-state index is 0.127. The lowest BCUT2D eigenvalue weighted by molar-refractivity contribution is 0.0697. The number of nitrogens with zero attached hydrogens (tertiary/aromatic N) is 3. The number of aromatic nitrogens is 1. The van der Waals surface area contributed by atoms with Gasteiger partial charge in [0.15, 0.2) is 0 Å². The molecule has 2 heterocycles. The summed E-state index contributed by atoms with van der Waals surface area (Å²) in [4.78, 5) is 15.1. The van der Waals surface area contributed by atoms with Crippen LogP contribution in [0.5, 0.6) is 0 Å². The third kappa shape index (κ3) is 4.00. The number of carbonyl (C=O) groups is 1. The van der Waals surface area contributed by atoms with Crippen LogP contribution in [0.4, 0.5) is 4.39 Å². The molecule has 31 heavy (non-hydrogen) atoms. The molecule has 0 saturated carbocycles. The van der Waals surface area contributed by atoms with Gasteiger partial charge in [-0.1, -0.05) is 18.2 Å². The summed E-state index contributed by atoms with van der Waals surface area (Å²) in [5.41, 5.74) is 3.00. The summed E-state index contributed by atoms with van der Waals surface area (Å²) in [6.07, 6.45) is 0. The molecule has 1 aliphatic rings. The van der Waals surface area contributed by atoms with Crippen molar-refractivity contribution in [3.63, 3.8) is 0 Å². The van der Waals surface area contributed by atoms with Crippen molar-refractivity contribution in [2.24, 2.45) is 0 Å². The molecule has 0 N–H and O–H groups in total. The van der Waals surface area contributed by atoms with Crippen molar-refractivity contribution in [2.45, 2.75) is 18.7 Å². The minimum Gasteiger partial charge on any atom is -0.336 e. The first-order valence-electron chi connectivity index (χ1n) is 10.1. The lowest BCUT2D eigenvalue weighted by atomic mass is 10.2. The van der Waals surface area contributed by atoms with E-state index < -0.39 is 10.0 Å². The molecule has 1 saturated heterocycles. The van der Waals surface area contributed by atoms with Gasteiger partial charge in [0.1, 0.15) is 5.82 Å². The van der Waals surface area contributed by atoms with E-state index in [1.807, 2.05) is 24.5 Å². The average molecular weight is 442 g/mol. The van der Waals surface area contributed by atoms with E-state index in [0.717, 1.165) is 17.1 Å². The molecule has 1 amide bonds. The molecule has 4 rings (SSSR count). The maximum absolute atomic E-state index is 13.3. The van der Waals surface area contributed by atoms with Gasteiger partial charge in [-0.25, -0.2) is 12.8 Å². The minimum atomic E-state index is -3.57. The van der Waals surface area contributed by atoms with Gasteiger partial charge in [-0.05, 0) is 56.3 Å². The van der Waals surface area contributed by atoms with Crippen LogP contribution in [-0.2, 0) is 10.0 Å². The van der Waals surface area contributed by atoms with Crippen molar-refractivity contribution in [1.82, 2.24) is 13.8 Å². The highest BCUT2D eigenvalue weighted by Crippen LogP contribution is 2.24. The predicted molar refractivity (Wildman–Crippen MR) is 116 cm³/mol. The first-order chi connectivity index (χ1) is 14.8. The molecule has 8 heteroatoms. The Morgan fingerprint density at radius 2 is 1.52 bits per heavy atom. The quantitative estimate of drug-likeness (QED) is 0.624. The average Bonchev–Trinajstić information content (AvgIpc) is 3.08. The number of hydrogen-bond acceptors (Lipinski definition) is 3. The van der Waals surface area contributed by atoms with Gasteiger partial charge >= 0.3 is 0 Å². The standard InChI is InChI=1S/C23H24FN3O3S/c1-17-16-22(18(2)27(17)20-10-8-19(24)9-11-20)23(28)25-12-14-26(15-13-25)31(29,30)21-6-4-3-5-7-21/h3-11,16H,12-15H2,1-2H3. The van der Waals surface area contributed by atoms with Gasteiger partial charge < -0.3 is 9.47 Å². The second-order valence-corrected chi connectivity index (χ2v) is 9.54. The third-order valence-corrected chi connectivity index (χ3v) is 7.57. The fourth-order valence-corrected chi connectivity index (χ4v) is 5.45. The number of halogens is 1. The van der Waals surface area contributed by atoms with Crippen molar-refractivity contribution >= 4 is 15.9 Å². The predicted octanol–water partition coefficient (Wildman–Crippen LogP) is 3.38. The Hall–Kier alpha value is -2.97. The second kappa shape index (κ2) is 8.28. The van der Waals surface area contributed by atoms with Crippen LogP contribution in [0.3, 0.4) is 0 Å². The number of sulfonamides is 1. The van der Waals surface area contributed by atoms with E-state index in [4.69, 9.17) is 0 Å². The molecule has 0 aliphatic carbocycles. The van der Waals surface area contributed by atoms with Gasteiger partial charge in [0.25, 0.3) is 5.91 Å². The number of piperazine rings is 1. The molecule has 0 bridgehead atoms. The number of aryl methyl sites for hydroxylation is 1. The molecule has 6 nitrogen and oxygen atoms in total. The molecular weight excluding hydrogens is 417 g/mol. The van der Waals surface area contributed by atoms with Crippen molar-refractivity contribution < 1.29 is 17.6 Å². The monoisotopic (exact) mass is 441 g/mol. The zero-order valence-corrected chi connectivity index (χ0v) is 18.3. The van der Waals surface area contributed by atoms with Crippen LogP contribution in [0.1, 0.15) is 21.7 Å². The SMILES string of the molecule is Cc1cc(C(=O)N2CCN(S(=O)(=O)c3ccccc3)CC2)c(C)n1-c1ccc(F)cc1. The first kappa shape index (κ1) is 21.3. The lowest BCUT2D eigenvalue weighted by Gasteiger charge is -2.34. The zero-order valence-electron chi connectivity index (χ0n) is 17.5. The molecule has 0 unspecified atom stereocenters. The Bertz CT molecular complexity index is 1200. The topological polar surface area (TPSA) is 62.6 Å². The highest BCUT2D eigenvalue weighted by atomic mass is 32.2. The van der Waals surface area contributed by atoms with Gasteiger partial charge in [0, 0.05) is 43.3 Å². The largest absolute Gasteiger partial charge is 0.336 e. The molecular formula is C23H24FN3O3S. The molecule has 162 valence electrons. The summed E-state index contributed by atoms with van der Waals surface area (Å²) in [6.45, 7) is 4.91. The van der Waals surface area contributed by atoms with E-state index in [-0.39, 0.29) is 29.7 Å². The van der Waals surface area contributed by atoms with Crippen LogP contribution in [0.25, 0.3) is 5.69 Å². The Kier molecular flexibility index (Phi) is 5.68. The Morgan fingerprint density at radius 1 is 0.903 bits per heavy atom. The van der Waals surface area contributed by atoms with Crippen LogP contribution < -0.4 is 0 Å². The summed E-state index contributed by atoms with van der Waals surface area (Å²) >= 11 is 0. The highest BCUT2D eigenvalue weighted by Gasteiger charge is 2.31. The molecule has 1 aromatic heterocycles. The highest BCUT2D eigenvalue weighted by molar-refractivity contribution is 7.89. The number of benzene rings is 2. The molecule has 0 atom stereocenters. The molecule has 1 aliphatic heterocycles. The smallest absolute Gasteiger partial charge is 0.255 e. The number of carbonyl (C=O) groups excluding carboxylic acids is 1. The first-order valence-corrected chi connectivity index (χ1v) is 11.5. The van der Waals surface area contributed by atoms with E-state index in [1.165, 1.54) is 16.4 Å². The number of amides is 1. The van der Waals surface area contributed by atoms with E-state index in [9.17, 15) is 17.6 Å². The van der Waals surface area contributed by atoms with Crippen LogP contribution in [0.15, 0.2) is 65.6 Å². The van der Waals surface area contributed by atoms with Crippen LogP contribution in [-0.4, -0.2) is 54.3 Å². The summed E-state index contributed by atoms with van der Waals surface area (Å²) in [5.74, 6) is -0.441. The molecule has 1 fully saturated rings. The second-order valence-electron chi connectivity index (χ2n) is 7.61. The molecule has 3 aromatic rings. The van der Waals surface area contributed by atoms with Crippen LogP contribution in [0.2, 0.25) is 0 Å². The summed E-state index contributed by atoms with van der Waals surface area (Å²) in [7, 11) is -3.57. The summed E-state index contributed by atoms with van der Waals surface area (Å²) in [6, 6.07) is 16.3. The van der Waals surface area contributed by atoms with Gasteiger partial charge in [-0.15, -0.1) is 0 Å². The van der Waals surface area contributed by atoms with Gasteiger partial charge in [0.2, 0.25) is 10.0 Å². The number of rotatable bonds is 4. The Balaban J connectivity index is 1.51. The summed E-state index contributed by atoms with van der Waals surface area (Å²) in [5, 5.41) is 0. The third-order valence-electron chi connectivity index (χ3n) is 5.65. The van der Waals surface area contributed by atoms with Crippen LogP contribution in [0, 0.1) is 19.7 Å². The number of hydrogen-bond donors (Lipinski definition) is 0. The van der Waals surface area contributed by atoms with Gasteiger partial charge in [-0.3, -0.25) is 4.79 Å². The fraction of sp³-hybridized carbons (Fsp3) is 0.261. The van der Waals surface area contributed by atoms with Crippen molar-refractivity contribution in [1.29, 1.82) is 0 Å². The van der Waals surface area contributed by atoms with E-state index in [0.29, 0.717) is 18.7 Å². The molecule has 0 radical (unpaired) electrons. The van der Waals surface area contributed by atoms with Gasteiger partial charge in [0.05, 0.1) is 10.5 Å². The maximum Gasteiger partial charge on any atom is 0.255 e. The molecule has 2 aromatic carbocycles. The van der Waals surface area contributed by atoms with Crippen molar-refractivity contribution in [2.75, 3.05) is 26.2 Å². The van der Waals surface area contributed by atoms with Crippen molar-refractivity contribution in [3.8, 4) is 5.69 Å². The van der Waals surface area contributed by atoms with E-state index in [1.54, 1.807) is 47.4 Å². The zero-order chi connectivity index (χ0) is 22.2. The van der Waals surface area contributed by atoms with E-state index in [2.05, 4.69) is 0 Å². The van der Waals surface area contributed by atoms with Crippen molar-refractivity contribution in [3.05, 3.63) is 83.4 Å². The fourth-order valence-electron chi connectivity index (χ4n) is 4.01. The van der Waals surface area contributed by atoms with Crippen LogP contribution >= 0.6 is 0 Å². The normalized spacial score (nSPS) is 15.3. The Labute approximate surface area is 181 Å². The molecule has 0 spiro atoms. The van der Waals surface area contributed by atoms with Gasteiger partial charge in [-0.2, -0.15) is 4.31 Å². The Morgan fingerprint density at radius 3 is 2.13 bits per heavy atom. The maximum atomic E-state index is 13.3. The summed E-state index contributed by atoms with van der Waals surface area (Å²) < 4.78 is 42.2.